The van der Waals surface area contributed by atoms with Gasteiger partial charge in [0.15, 0.2) is 0 Å². The predicted molar refractivity (Wildman–Crippen MR) is 107 cm³/mol. The lowest BCUT2D eigenvalue weighted by Crippen LogP contribution is -2.41. The number of aromatic nitrogens is 2. The molecule has 1 aliphatic heterocycles. The summed E-state index contributed by atoms with van der Waals surface area (Å²) >= 11 is 0. The number of hydrogen-bond donors (Lipinski definition) is 1. The minimum Gasteiger partial charge on any atom is -0.497 e. The van der Waals surface area contributed by atoms with Crippen LogP contribution >= 0.6 is 0 Å². The van der Waals surface area contributed by atoms with E-state index in [4.69, 9.17) is 9.47 Å². The highest BCUT2D eigenvalue weighted by Gasteiger charge is 2.21. The first-order chi connectivity index (χ1) is 13.2. The van der Waals surface area contributed by atoms with Crippen LogP contribution in [0.15, 0.2) is 48.8 Å². The zero-order valence-electron chi connectivity index (χ0n) is 15.9. The molecule has 1 aromatic carbocycles. The van der Waals surface area contributed by atoms with Crippen molar-refractivity contribution >= 4 is 11.2 Å². The number of benzene rings is 1. The average molecular weight is 366 g/mol. The summed E-state index contributed by atoms with van der Waals surface area (Å²) in [5.74, 6) is 1.60. The molecule has 1 fully saturated rings. The van der Waals surface area contributed by atoms with Crippen molar-refractivity contribution in [1.82, 2.24) is 14.5 Å². The molecule has 6 nitrogen and oxygen atoms in total. The summed E-state index contributed by atoms with van der Waals surface area (Å²) in [4.78, 5) is 2.50. The molecule has 1 aliphatic rings. The normalized spacial score (nSPS) is 17.8. The van der Waals surface area contributed by atoms with Crippen LogP contribution in [0.3, 0.4) is 0 Å². The first-order valence-corrected chi connectivity index (χ1v) is 9.38. The lowest BCUT2D eigenvalue weighted by atomic mass is 10.0. The van der Waals surface area contributed by atoms with E-state index in [2.05, 4.69) is 27.4 Å². The molecule has 0 bridgehead atoms. The number of nitrogens with zero attached hydrogens (tertiary/aromatic N) is 3. The third-order valence-electron chi connectivity index (χ3n) is 5.13. The van der Waals surface area contributed by atoms with Gasteiger partial charge in [-0.2, -0.15) is 5.10 Å². The van der Waals surface area contributed by atoms with Gasteiger partial charge in [-0.3, -0.25) is 4.90 Å². The van der Waals surface area contributed by atoms with Gasteiger partial charge < -0.3 is 14.8 Å². The van der Waals surface area contributed by atoms with Gasteiger partial charge in [-0.05, 0) is 31.5 Å². The van der Waals surface area contributed by atoms with E-state index < -0.39 is 0 Å². The number of pyridine rings is 1. The highest BCUT2D eigenvalue weighted by molar-refractivity contribution is 5.55. The Hall–Kier alpha value is -2.73. The van der Waals surface area contributed by atoms with Gasteiger partial charge in [-0.25, -0.2) is 4.52 Å². The molecular weight excluding hydrogens is 340 g/mol. The Kier molecular flexibility index (Phi) is 5.16. The Bertz CT molecular complexity index is 886. The van der Waals surface area contributed by atoms with Gasteiger partial charge in [0.2, 0.25) is 0 Å². The fourth-order valence-electron chi connectivity index (χ4n) is 3.79. The van der Waals surface area contributed by atoms with Crippen LogP contribution in [0.4, 0.5) is 5.69 Å². The summed E-state index contributed by atoms with van der Waals surface area (Å²) in [5.41, 5.74) is 3.50. The van der Waals surface area contributed by atoms with E-state index in [1.54, 1.807) is 14.2 Å². The van der Waals surface area contributed by atoms with E-state index in [9.17, 15) is 0 Å². The Labute approximate surface area is 159 Å². The zero-order chi connectivity index (χ0) is 18.6. The van der Waals surface area contributed by atoms with Crippen molar-refractivity contribution in [3.05, 3.63) is 54.4 Å². The largest absolute Gasteiger partial charge is 0.497 e. The van der Waals surface area contributed by atoms with Gasteiger partial charge in [0.05, 0.1) is 25.9 Å². The lowest BCUT2D eigenvalue weighted by molar-refractivity contribution is 0.209. The molecule has 27 heavy (non-hydrogen) atoms. The van der Waals surface area contributed by atoms with E-state index in [-0.39, 0.29) is 0 Å². The maximum absolute atomic E-state index is 5.38. The van der Waals surface area contributed by atoms with Crippen LogP contribution in [0.1, 0.15) is 18.4 Å². The van der Waals surface area contributed by atoms with Crippen molar-refractivity contribution in [3.8, 4) is 11.5 Å². The standard InChI is InChI=1S/C21H26N4O2/c1-26-19-10-18(11-20(12-19)27-2)23-17-6-5-8-24(15-17)14-16-13-22-25-9-4-3-7-21(16)25/h3-4,7,9-13,17,23H,5-6,8,14-15H2,1-2H3. The van der Waals surface area contributed by atoms with Gasteiger partial charge in [-0.1, -0.05) is 6.07 Å². The van der Waals surface area contributed by atoms with Crippen molar-refractivity contribution in [2.24, 2.45) is 0 Å². The molecule has 0 saturated carbocycles. The molecule has 0 radical (unpaired) electrons. The van der Waals surface area contributed by atoms with E-state index in [0.717, 1.165) is 43.2 Å². The number of rotatable bonds is 6. The third kappa shape index (κ3) is 4.01. The summed E-state index contributed by atoms with van der Waals surface area (Å²) in [6.45, 7) is 3.04. The van der Waals surface area contributed by atoms with Crippen LogP contribution in [0.25, 0.3) is 5.52 Å². The highest BCUT2D eigenvalue weighted by atomic mass is 16.5. The molecule has 0 aliphatic carbocycles. The van der Waals surface area contributed by atoms with Crippen LogP contribution in [-0.4, -0.2) is 47.9 Å². The summed E-state index contributed by atoms with van der Waals surface area (Å²) in [5, 5.41) is 8.11. The van der Waals surface area contributed by atoms with Gasteiger partial charge >= 0.3 is 0 Å². The maximum atomic E-state index is 5.38. The highest BCUT2D eigenvalue weighted by Crippen LogP contribution is 2.27. The second-order valence-electron chi connectivity index (χ2n) is 7.02. The lowest BCUT2D eigenvalue weighted by Gasteiger charge is -2.33. The summed E-state index contributed by atoms with van der Waals surface area (Å²) in [7, 11) is 3.36. The Morgan fingerprint density at radius 1 is 1.15 bits per heavy atom. The SMILES string of the molecule is COc1cc(NC2CCCN(Cc3cnn4ccccc34)C2)cc(OC)c1. The summed E-state index contributed by atoms with van der Waals surface area (Å²) in [6, 6.07) is 12.5. The van der Waals surface area contributed by atoms with Crippen molar-refractivity contribution in [1.29, 1.82) is 0 Å². The van der Waals surface area contributed by atoms with E-state index >= 15 is 0 Å². The Morgan fingerprint density at radius 2 is 1.96 bits per heavy atom. The zero-order valence-corrected chi connectivity index (χ0v) is 15.9. The number of ether oxygens (including phenoxy) is 2. The molecule has 2 aromatic heterocycles. The smallest absolute Gasteiger partial charge is 0.124 e. The van der Waals surface area contributed by atoms with Crippen LogP contribution in [-0.2, 0) is 6.54 Å². The molecule has 0 spiro atoms. The molecule has 1 N–H and O–H groups in total. The van der Waals surface area contributed by atoms with Crippen LogP contribution in [0, 0.1) is 0 Å². The maximum Gasteiger partial charge on any atom is 0.124 e. The van der Waals surface area contributed by atoms with E-state index in [1.165, 1.54) is 17.5 Å². The van der Waals surface area contributed by atoms with Gasteiger partial charge in [0.1, 0.15) is 11.5 Å². The molecule has 142 valence electrons. The predicted octanol–water partition coefficient (Wildman–Crippen LogP) is 3.43. The van der Waals surface area contributed by atoms with Crippen molar-refractivity contribution in [2.45, 2.75) is 25.4 Å². The number of likely N-dealkylation sites (tertiary alicyclic amines) is 1. The quantitative estimate of drug-likeness (QED) is 0.724. The topological polar surface area (TPSA) is 51.0 Å². The molecular formula is C21H26N4O2. The number of nitrogens with one attached hydrogen (secondary N) is 1. The Morgan fingerprint density at radius 3 is 2.74 bits per heavy atom. The average Bonchev–Trinajstić information content (AvgIpc) is 3.11. The molecule has 3 heterocycles. The number of fused-ring (bicyclic) bond motifs is 1. The van der Waals surface area contributed by atoms with Gasteiger partial charge in [0, 0.05) is 54.8 Å². The summed E-state index contributed by atoms with van der Waals surface area (Å²) < 4.78 is 12.7. The van der Waals surface area contributed by atoms with Gasteiger partial charge in [0.25, 0.3) is 0 Å². The van der Waals surface area contributed by atoms with Crippen LogP contribution in [0.2, 0.25) is 0 Å². The molecule has 1 atom stereocenters. The van der Waals surface area contributed by atoms with E-state index in [0.29, 0.717) is 6.04 Å². The number of hydrogen-bond acceptors (Lipinski definition) is 5. The minimum atomic E-state index is 0.400. The Balaban J connectivity index is 1.44. The molecule has 3 aromatic rings. The first kappa shape index (κ1) is 17.7. The first-order valence-electron chi connectivity index (χ1n) is 9.38. The van der Waals surface area contributed by atoms with Gasteiger partial charge in [-0.15, -0.1) is 0 Å². The fraction of sp³-hybridized carbons (Fsp3) is 0.381. The molecule has 0 amide bonds. The van der Waals surface area contributed by atoms with Crippen molar-refractivity contribution in [2.75, 3.05) is 32.6 Å². The minimum absolute atomic E-state index is 0.400. The summed E-state index contributed by atoms with van der Waals surface area (Å²) in [6.07, 6.45) is 6.32. The monoisotopic (exact) mass is 366 g/mol. The molecule has 1 unspecified atom stereocenters. The second kappa shape index (κ2) is 7.88. The molecule has 4 rings (SSSR count). The fourth-order valence-corrected chi connectivity index (χ4v) is 3.79. The van der Waals surface area contributed by atoms with E-state index in [1.807, 2.05) is 41.2 Å². The number of methoxy groups -OCH3 is 2. The molecule has 1 saturated heterocycles. The van der Waals surface area contributed by atoms with Crippen molar-refractivity contribution < 1.29 is 9.47 Å². The third-order valence-corrected chi connectivity index (χ3v) is 5.13. The molecule has 6 heteroatoms. The van der Waals surface area contributed by atoms with Crippen molar-refractivity contribution in [3.63, 3.8) is 0 Å². The number of piperidine rings is 1. The van der Waals surface area contributed by atoms with Crippen LogP contribution in [0.5, 0.6) is 11.5 Å². The van der Waals surface area contributed by atoms with Crippen LogP contribution < -0.4 is 14.8 Å². The number of anilines is 1. The second-order valence-corrected chi connectivity index (χ2v) is 7.02.